The summed E-state index contributed by atoms with van der Waals surface area (Å²) in [5, 5.41) is 7.46. The number of ether oxygens (including phenoxy) is 1. The van der Waals surface area contributed by atoms with Crippen LogP contribution in [-0.2, 0) is 4.74 Å². The van der Waals surface area contributed by atoms with Crippen molar-refractivity contribution in [2.75, 3.05) is 17.0 Å². The van der Waals surface area contributed by atoms with E-state index in [-0.39, 0.29) is 0 Å². The Kier molecular flexibility index (Phi) is 4.61. The average molecular weight is 364 g/mol. The molecule has 0 spiro atoms. The predicted octanol–water partition coefficient (Wildman–Crippen LogP) is 4.96. The van der Waals surface area contributed by atoms with Gasteiger partial charge in [0.1, 0.15) is 0 Å². The molecule has 4 rings (SSSR count). The Balaban J connectivity index is 1.84. The fourth-order valence-corrected chi connectivity index (χ4v) is 3.15. The molecule has 0 saturated carbocycles. The Morgan fingerprint density at radius 3 is 2.04 bits per heavy atom. The molecule has 0 N–H and O–H groups in total. The lowest BCUT2D eigenvalue weighted by molar-refractivity contribution is 0.114. The second-order valence-electron chi connectivity index (χ2n) is 5.88. The number of amidine groups is 1. The van der Waals surface area contributed by atoms with Crippen LogP contribution in [0.3, 0.4) is 0 Å². The topological polar surface area (TPSA) is 28.1 Å². The van der Waals surface area contributed by atoms with Gasteiger partial charge >= 0.3 is 0 Å². The van der Waals surface area contributed by atoms with Crippen molar-refractivity contribution < 1.29 is 4.74 Å². The SMILES string of the molecule is COC1N(c2ccccc2)N=C(c2ccccc2)N1c1ccc(Cl)cc1. The van der Waals surface area contributed by atoms with Crippen LogP contribution in [0.5, 0.6) is 0 Å². The third-order valence-electron chi connectivity index (χ3n) is 4.23. The van der Waals surface area contributed by atoms with Gasteiger partial charge in [-0.1, -0.05) is 60.1 Å². The molecular formula is C21H18ClN3O. The van der Waals surface area contributed by atoms with Gasteiger partial charge in [0.25, 0.3) is 0 Å². The number of hydrogen-bond donors (Lipinski definition) is 0. The van der Waals surface area contributed by atoms with Crippen LogP contribution in [-0.4, -0.2) is 19.3 Å². The van der Waals surface area contributed by atoms with Gasteiger partial charge in [0.2, 0.25) is 6.35 Å². The number of rotatable bonds is 4. The highest BCUT2D eigenvalue weighted by molar-refractivity contribution is 6.30. The van der Waals surface area contributed by atoms with Crippen LogP contribution in [0, 0.1) is 0 Å². The maximum atomic E-state index is 6.08. The molecule has 3 aromatic carbocycles. The molecule has 1 aliphatic rings. The van der Waals surface area contributed by atoms with Gasteiger partial charge in [-0.15, -0.1) is 5.10 Å². The van der Waals surface area contributed by atoms with Crippen LogP contribution in [0.25, 0.3) is 0 Å². The highest BCUT2D eigenvalue weighted by Gasteiger charge is 2.36. The Labute approximate surface area is 157 Å². The third-order valence-corrected chi connectivity index (χ3v) is 4.48. The first kappa shape index (κ1) is 16.6. The van der Waals surface area contributed by atoms with E-state index in [1.165, 1.54) is 0 Å². The van der Waals surface area contributed by atoms with E-state index in [2.05, 4.69) is 4.90 Å². The fourth-order valence-electron chi connectivity index (χ4n) is 3.02. The number of hydrogen-bond acceptors (Lipinski definition) is 4. The second kappa shape index (κ2) is 7.20. The summed E-state index contributed by atoms with van der Waals surface area (Å²) in [6, 6.07) is 27.8. The molecule has 0 radical (unpaired) electrons. The second-order valence-corrected chi connectivity index (χ2v) is 6.31. The molecule has 0 bridgehead atoms. The number of methoxy groups -OCH3 is 1. The first-order valence-corrected chi connectivity index (χ1v) is 8.71. The molecule has 26 heavy (non-hydrogen) atoms. The number of hydrazone groups is 1. The number of para-hydroxylation sites is 1. The van der Waals surface area contributed by atoms with E-state index in [4.69, 9.17) is 21.4 Å². The van der Waals surface area contributed by atoms with Crippen LogP contribution in [0.2, 0.25) is 5.02 Å². The maximum absolute atomic E-state index is 6.08. The van der Waals surface area contributed by atoms with Crippen LogP contribution in [0.1, 0.15) is 5.56 Å². The zero-order chi connectivity index (χ0) is 17.9. The summed E-state index contributed by atoms with van der Waals surface area (Å²) in [5.41, 5.74) is 2.94. The van der Waals surface area contributed by atoms with Crippen molar-refractivity contribution >= 4 is 28.8 Å². The van der Waals surface area contributed by atoms with Crippen molar-refractivity contribution in [2.24, 2.45) is 5.10 Å². The van der Waals surface area contributed by atoms with Crippen LogP contribution < -0.4 is 9.91 Å². The monoisotopic (exact) mass is 363 g/mol. The van der Waals surface area contributed by atoms with Crippen molar-refractivity contribution in [1.29, 1.82) is 0 Å². The van der Waals surface area contributed by atoms with Crippen molar-refractivity contribution in [3.05, 3.63) is 95.5 Å². The summed E-state index contributed by atoms with van der Waals surface area (Å²) in [5.74, 6) is 0.823. The van der Waals surface area contributed by atoms with Gasteiger partial charge < -0.3 is 4.74 Å². The van der Waals surface area contributed by atoms with Gasteiger partial charge in [-0.25, -0.2) is 5.01 Å². The molecule has 3 aromatic rings. The number of anilines is 2. The molecule has 4 nitrogen and oxygen atoms in total. The van der Waals surface area contributed by atoms with Crippen molar-refractivity contribution in [3.63, 3.8) is 0 Å². The molecule has 1 heterocycles. The average Bonchev–Trinajstić information content (AvgIpc) is 3.09. The fraction of sp³-hybridized carbons (Fsp3) is 0.0952. The van der Waals surface area contributed by atoms with Crippen LogP contribution in [0.4, 0.5) is 11.4 Å². The summed E-state index contributed by atoms with van der Waals surface area (Å²) in [7, 11) is 1.69. The van der Waals surface area contributed by atoms with Crippen molar-refractivity contribution in [3.8, 4) is 0 Å². The van der Waals surface area contributed by atoms with Gasteiger partial charge in [0, 0.05) is 23.4 Å². The highest BCUT2D eigenvalue weighted by Crippen LogP contribution is 2.32. The molecule has 1 unspecified atom stereocenters. The molecular weight excluding hydrogens is 346 g/mol. The minimum Gasteiger partial charge on any atom is -0.342 e. The normalized spacial score (nSPS) is 16.7. The van der Waals surface area contributed by atoms with Crippen LogP contribution in [0.15, 0.2) is 90.0 Å². The first-order chi connectivity index (χ1) is 12.8. The molecule has 0 saturated heterocycles. The largest absolute Gasteiger partial charge is 0.342 e. The molecule has 5 heteroatoms. The Hall–Kier alpha value is -2.82. The maximum Gasteiger partial charge on any atom is 0.235 e. The Morgan fingerprint density at radius 2 is 1.42 bits per heavy atom. The number of halogens is 1. The van der Waals surface area contributed by atoms with E-state index in [1.807, 2.05) is 89.9 Å². The molecule has 130 valence electrons. The van der Waals surface area contributed by atoms with E-state index in [0.717, 1.165) is 22.8 Å². The quantitative estimate of drug-likeness (QED) is 0.656. The van der Waals surface area contributed by atoms with Gasteiger partial charge in [-0.05, 0) is 36.4 Å². The van der Waals surface area contributed by atoms with E-state index >= 15 is 0 Å². The lowest BCUT2D eigenvalue weighted by atomic mass is 10.2. The molecule has 1 aliphatic heterocycles. The van der Waals surface area contributed by atoms with Crippen molar-refractivity contribution in [2.45, 2.75) is 6.35 Å². The van der Waals surface area contributed by atoms with Crippen LogP contribution >= 0.6 is 11.6 Å². The Bertz CT molecular complexity index is 898. The summed E-state index contributed by atoms with van der Waals surface area (Å²) in [6.07, 6.45) is -0.395. The summed E-state index contributed by atoms with van der Waals surface area (Å²) in [6.45, 7) is 0. The standard InChI is InChI=1S/C21H18ClN3O/c1-26-21-24(18-14-12-17(22)13-15-18)20(16-8-4-2-5-9-16)23-25(21)19-10-6-3-7-11-19/h2-15,21H,1H3. The molecule has 0 aromatic heterocycles. The van der Waals surface area contributed by atoms with E-state index < -0.39 is 6.35 Å². The lowest BCUT2D eigenvalue weighted by Gasteiger charge is -2.30. The predicted molar refractivity (Wildman–Crippen MR) is 107 cm³/mol. The number of benzene rings is 3. The molecule has 0 fully saturated rings. The summed E-state index contributed by atoms with van der Waals surface area (Å²) >= 11 is 6.08. The van der Waals surface area contributed by atoms with Gasteiger partial charge in [-0.2, -0.15) is 0 Å². The lowest BCUT2D eigenvalue weighted by Crippen LogP contribution is -2.44. The van der Waals surface area contributed by atoms with Gasteiger partial charge in [-0.3, -0.25) is 4.90 Å². The molecule has 1 atom stereocenters. The van der Waals surface area contributed by atoms with Gasteiger partial charge in [0.15, 0.2) is 5.84 Å². The minimum atomic E-state index is -0.395. The zero-order valence-electron chi connectivity index (χ0n) is 14.3. The van der Waals surface area contributed by atoms with Crippen molar-refractivity contribution in [1.82, 2.24) is 0 Å². The van der Waals surface area contributed by atoms with E-state index in [1.54, 1.807) is 7.11 Å². The minimum absolute atomic E-state index is 0.395. The molecule has 0 amide bonds. The van der Waals surface area contributed by atoms with Gasteiger partial charge in [0.05, 0.1) is 5.69 Å². The summed E-state index contributed by atoms with van der Waals surface area (Å²) in [4.78, 5) is 2.07. The number of nitrogens with zero attached hydrogens (tertiary/aromatic N) is 3. The Morgan fingerprint density at radius 1 is 0.808 bits per heavy atom. The van der Waals surface area contributed by atoms with E-state index in [0.29, 0.717) is 5.02 Å². The third kappa shape index (κ3) is 3.05. The first-order valence-electron chi connectivity index (χ1n) is 8.34. The summed E-state index contributed by atoms with van der Waals surface area (Å²) < 4.78 is 5.83. The molecule has 0 aliphatic carbocycles. The zero-order valence-corrected chi connectivity index (χ0v) is 15.0. The highest BCUT2D eigenvalue weighted by atomic mass is 35.5. The van der Waals surface area contributed by atoms with E-state index in [9.17, 15) is 0 Å². The smallest absolute Gasteiger partial charge is 0.235 e.